The number of carbonyl (C=O) groups excluding carboxylic acids is 2. The maximum Gasteiger partial charge on any atom is 0.255 e. The number of benzene rings is 2. The van der Waals surface area contributed by atoms with Crippen molar-refractivity contribution in [3.8, 4) is 11.1 Å². The van der Waals surface area contributed by atoms with Crippen molar-refractivity contribution in [1.82, 2.24) is 23.9 Å². The minimum atomic E-state index is -0.0272. The van der Waals surface area contributed by atoms with Crippen molar-refractivity contribution in [2.24, 2.45) is 5.92 Å². The predicted octanol–water partition coefficient (Wildman–Crippen LogP) is 4.92. The summed E-state index contributed by atoms with van der Waals surface area (Å²) in [5.74, 6) is 0.728. The lowest BCUT2D eigenvalue weighted by molar-refractivity contribution is -0.132. The van der Waals surface area contributed by atoms with Crippen LogP contribution in [0.1, 0.15) is 42.2 Å². The number of imidazole rings is 1. The third kappa shape index (κ3) is 5.97. The van der Waals surface area contributed by atoms with E-state index in [2.05, 4.69) is 44.6 Å². The number of methoxy groups -OCH3 is 1. The second kappa shape index (κ2) is 12.5. The highest BCUT2D eigenvalue weighted by molar-refractivity contribution is 6.05. The van der Waals surface area contributed by atoms with Gasteiger partial charge in [0.1, 0.15) is 0 Å². The number of likely N-dealkylation sites (N-methyl/N-ethyl adjacent to an activating group) is 1. The smallest absolute Gasteiger partial charge is 0.255 e. The van der Waals surface area contributed by atoms with Gasteiger partial charge in [0.05, 0.1) is 30.7 Å². The second-order valence-corrected chi connectivity index (χ2v) is 10.7. The summed E-state index contributed by atoms with van der Waals surface area (Å²) in [6.45, 7) is 6.08. The summed E-state index contributed by atoms with van der Waals surface area (Å²) >= 11 is 0. The van der Waals surface area contributed by atoms with Crippen LogP contribution in [0.4, 0.5) is 0 Å². The van der Waals surface area contributed by atoms with E-state index in [9.17, 15) is 9.59 Å². The number of likely N-dealkylation sites (tertiary alicyclic amines) is 1. The first-order valence-electron chi connectivity index (χ1n) is 14.2. The third-order valence-corrected chi connectivity index (χ3v) is 8.04. The van der Waals surface area contributed by atoms with Crippen molar-refractivity contribution in [1.29, 1.82) is 0 Å². The normalized spacial score (nSPS) is 14.1. The monoisotopic (exact) mass is 541 g/mol. The molecule has 1 aliphatic heterocycles. The number of hydrogen-bond acceptors (Lipinski definition) is 4. The first kappa shape index (κ1) is 27.6. The number of carbonyl (C=O) groups is 2. The number of fused-ring (bicyclic) bond motifs is 1. The van der Waals surface area contributed by atoms with Crippen LogP contribution < -0.4 is 0 Å². The Morgan fingerprint density at radius 1 is 1.05 bits per heavy atom. The van der Waals surface area contributed by atoms with Crippen LogP contribution in [0.5, 0.6) is 0 Å². The highest BCUT2D eigenvalue weighted by Crippen LogP contribution is 2.33. The second-order valence-electron chi connectivity index (χ2n) is 10.7. The largest absolute Gasteiger partial charge is 0.383 e. The van der Waals surface area contributed by atoms with Crippen molar-refractivity contribution in [3.63, 3.8) is 0 Å². The summed E-state index contributed by atoms with van der Waals surface area (Å²) in [5.41, 5.74) is 3.74. The zero-order valence-corrected chi connectivity index (χ0v) is 23.8. The summed E-state index contributed by atoms with van der Waals surface area (Å²) in [6.07, 6.45) is 10.5. The van der Waals surface area contributed by atoms with Gasteiger partial charge in [-0.05, 0) is 35.1 Å². The molecule has 1 aliphatic rings. The number of amides is 2. The van der Waals surface area contributed by atoms with Crippen LogP contribution >= 0.6 is 0 Å². The molecular formula is C32H39N5O3. The zero-order valence-electron chi connectivity index (χ0n) is 23.8. The molecule has 0 spiro atoms. The maximum atomic E-state index is 13.6. The molecule has 0 N–H and O–H groups in total. The summed E-state index contributed by atoms with van der Waals surface area (Å²) < 4.78 is 9.55. The van der Waals surface area contributed by atoms with Crippen LogP contribution in [0.3, 0.4) is 0 Å². The van der Waals surface area contributed by atoms with Crippen LogP contribution in [0.15, 0.2) is 67.4 Å². The van der Waals surface area contributed by atoms with Gasteiger partial charge >= 0.3 is 0 Å². The van der Waals surface area contributed by atoms with E-state index in [0.717, 1.165) is 60.1 Å². The highest BCUT2D eigenvalue weighted by atomic mass is 16.5. The maximum absolute atomic E-state index is 13.6. The van der Waals surface area contributed by atoms with E-state index in [1.807, 2.05) is 55.8 Å². The fraction of sp³-hybridized carbons (Fsp3) is 0.406. The molecule has 0 radical (unpaired) electrons. The zero-order chi connectivity index (χ0) is 28.1. The molecule has 0 bridgehead atoms. The van der Waals surface area contributed by atoms with E-state index >= 15 is 0 Å². The number of piperidine rings is 1. The van der Waals surface area contributed by atoms with Crippen LogP contribution in [0.25, 0.3) is 21.9 Å². The molecule has 1 fully saturated rings. The van der Waals surface area contributed by atoms with Gasteiger partial charge in [-0.15, -0.1) is 0 Å². The summed E-state index contributed by atoms with van der Waals surface area (Å²) in [4.78, 5) is 33.9. The van der Waals surface area contributed by atoms with Gasteiger partial charge in [-0.25, -0.2) is 4.98 Å². The van der Waals surface area contributed by atoms with Crippen molar-refractivity contribution < 1.29 is 14.3 Å². The molecule has 0 aliphatic carbocycles. The van der Waals surface area contributed by atoms with Gasteiger partial charge in [-0.3, -0.25) is 9.59 Å². The highest BCUT2D eigenvalue weighted by Gasteiger charge is 2.24. The fourth-order valence-electron chi connectivity index (χ4n) is 5.68. The van der Waals surface area contributed by atoms with Gasteiger partial charge in [0.15, 0.2) is 0 Å². The van der Waals surface area contributed by atoms with E-state index in [1.165, 1.54) is 0 Å². The minimum absolute atomic E-state index is 0.0272. The number of nitrogens with zero attached hydrogens (tertiary/aromatic N) is 5. The quantitative estimate of drug-likeness (QED) is 0.286. The molecule has 2 aromatic heterocycles. The molecule has 40 heavy (non-hydrogen) atoms. The van der Waals surface area contributed by atoms with Gasteiger partial charge in [-0.1, -0.05) is 49.4 Å². The van der Waals surface area contributed by atoms with E-state index in [1.54, 1.807) is 12.0 Å². The van der Waals surface area contributed by atoms with E-state index in [0.29, 0.717) is 37.6 Å². The van der Waals surface area contributed by atoms with E-state index in [-0.39, 0.29) is 11.8 Å². The molecular weight excluding hydrogens is 502 g/mol. The Morgan fingerprint density at radius 2 is 1.82 bits per heavy atom. The lowest BCUT2D eigenvalue weighted by Crippen LogP contribution is -2.39. The number of ether oxygens (including phenoxy) is 1. The topological polar surface area (TPSA) is 72.6 Å². The van der Waals surface area contributed by atoms with Crippen LogP contribution in [-0.2, 0) is 22.6 Å². The molecule has 2 amide bonds. The first-order valence-corrected chi connectivity index (χ1v) is 14.2. The Bertz CT molecular complexity index is 1460. The molecule has 8 nitrogen and oxygen atoms in total. The van der Waals surface area contributed by atoms with Crippen molar-refractivity contribution >= 4 is 22.6 Å². The molecule has 1 saturated heterocycles. The van der Waals surface area contributed by atoms with Crippen LogP contribution in [-0.4, -0.2) is 76.1 Å². The molecule has 2 aromatic carbocycles. The Hall–Kier alpha value is -3.91. The van der Waals surface area contributed by atoms with Gasteiger partial charge < -0.3 is 23.7 Å². The standard InChI is InChI=1S/C32H39N5O3/c1-4-31(38)36-14-12-24(13-15-36)19-37-23-33-18-26(37)20-35-21-29(30(22-35)32(39)34(2)16-17-40-3)28-11-7-9-25-8-5-6-10-27(25)28/h5-11,18,21-24H,4,12-17,19-20H2,1-3H3. The molecule has 0 unspecified atom stereocenters. The molecule has 8 heteroatoms. The lowest BCUT2D eigenvalue weighted by atomic mass is 9.96. The number of aromatic nitrogens is 3. The molecule has 3 heterocycles. The van der Waals surface area contributed by atoms with Gasteiger partial charge in [0, 0.05) is 70.9 Å². The summed E-state index contributed by atoms with van der Waals surface area (Å²) in [6, 6.07) is 14.5. The molecule has 0 atom stereocenters. The average molecular weight is 542 g/mol. The Kier molecular flexibility index (Phi) is 8.65. The molecule has 210 valence electrons. The SMILES string of the molecule is CCC(=O)N1CCC(Cn2cncc2Cn2cc(C(=O)N(C)CCOC)c(-c3cccc4ccccc34)c2)CC1. The van der Waals surface area contributed by atoms with Gasteiger partial charge in [0.25, 0.3) is 5.91 Å². The van der Waals surface area contributed by atoms with Crippen molar-refractivity contribution in [3.05, 3.63) is 78.6 Å². The number of hydrogen-bond donors (Lipinski definition) is 0. The van der Waals surface area contributed by atoms with E-state index in [4.69, 9.17) is 4.74 Å². The fourth-order valence-corrected chi connectivity index (χ4v) is 5.68. The van der Waals surface area contributed by atoms with Gasteiger partial charge in [-0.2, -0.15) is 0 Å². The predicted molar refractivity (Wildman–Crippen MR) is 157 cm³/mol. The van der Waals surface area contributed by atoms with E-state index < -0.39 is 0 Å². The molecule has 4 aromatic rings. The van der Waals surface area contributed by atoms with Gasteiger partial charge in [0.2, 0.25) is 5.91 Å². The number of rotatable bonds is 10. The minimum Gasteiger partial charge on any atom is -0.383 e. The van der Waals surface area contributed by atoms with Crippen LogP contribution in [0, 0.1) is 5.92 Å². The average Bonchev–Trinajstić information content (AvgIpc) is 3.61. The Balaban J connectivity index is 1.41. The summed E-state index contributed by atoms with van der Waals surface area (Å²) in [7, 11) is 3.47. The molecule has 0 saturated carbocycles. The Labute approximate surface area is 236 Å². The van der Waals surface area contributed by atoms with Crippen LogP contribution in [0.2, 0.25) is 0 Å². The molecule has 5 rings (SSSR count). The summed E-state index contributed by atoms with van der Waals surface area (Å²) in [5, 5.41) is 2.26. The Morgan fingerprint density at radius 3 is 2.60 bits per heavy atom. The third-order valence-electron chi connectivity index (χ3n) is 8.04. The van der Waals surface area contributed by atoms with Crippen molar-refractivity contribution in [2.75, 3.05) is 40.4 Å². The van der Waals surface area contributed by atoms with Crippen molar-refractivity contribution in [2.45, 2.75) is 39.3 Å². The lowest BCUT2D eigenvalue weighted by Gasteiger charge is -2.32. The first-order chi connectivity index (χ1) is 19.5.